The molecule has 1 aliphatic carbocycles. The summed E-state index contributed by atoms with van der Waals surface area (Å²) in [5.41, 5.74) is 6.69. The van der Waals surface area contributed by atoms with Gasteiger partial charge in [-0.15, -0.1) is 0 Å². The van der Waals surface area contributed by atoms with Gasteiger partial charge in [-0.1, -0.05) is 13.3 Å². The van der Waals surface area contributed by atoms with Gasteiger partial charge in [-0.25, -0.2) is 0 Å². The highest BCUT2D eigenvalue weighted by atomic mass is 16.5. The number of hydrogen-bond donors (Lipinski definition) is 2. The van der Waals surface area contributed by atoms with E-state index >= 15 is 0 Å². The van der Waals surface area contributed by atoms with E-state index in [4.69, 9.17) is 10.5 Å². The summed E-state index contributed by atoms with van der Waals surface area (Å²) in [5.74, 6) is 1.15. The summed E-state index contributed by atoms with van der Waals surface area (Å²) in [6, 6.07) is 5.72. The van der Waals surface area contributed by atoms with E-state index in [-0.39, 0.29) is 0 Å². The Hall–Kier alpha value is -1.71. The molecule has 0 bridgehead atoms. The molecule has 4 heteroatoms. The van der Waals surface area contributed by atoms with Crippen LogP contribution < -0.4 is 15.8 Å². The Bertz CT molecular complexity index is 459. The van der Waals surface area contributed by atoms with Gasteiger partial charge in [0.25, 0.3) is 0 Å². The average molecular weight is 262 g/mol. The van der Waals surface area contributed by atoms with Crippen molar-refractivity contribution >= 4 is 11.6 Å². The number of nitrogens with one attached hydrogen (secondary N) is 1. The molecule has 1 aliphatic rings. The minimum absolute atomic E-state index is 0.413. The van der Waals surface area contributed by atoms with Crippen molar-refractivity contribution in [3.63, 3.8) is 0 Å². The fourth-order valence-electron chi connectivity index (χ4n) is 2.77. The Morgan fingerprint density at radius 3 is 2.84 bits per heavy atom. The minimum atomic E-state index is -0.413. The molecule has 2 atom stereocenters. The van der Waals surface area contributed by atoms with Crippen molar-refractivity contribution in [2.75, 3.05) is 12.4 Å². The smallest absolute Gasteiger partial charge is 0.248 e. The molecule has 3 N–H and O–H groups in total. The molecule has 0 aliphatic heterocycles. The zero-order valence-corrected chi connectivity index (χ0v) is 11.6. The highest BCUT2D eigenvalue weighted by Crippen LogP contribution is 2.33. The first-order valence-corrected chi connectivity index (χ1v) is 6.88. The summed E-state index contributed by atoms with van der Waals surface area (Å²) < 4.78 is 5.33. The predicted octanol–water partition coefficient (Wildman–Crippen LogP) is 2.78. The van der Waals surface area contributed by atoms with Crippen LogP contribution in [0.15, 0.2) is 18.2 Å². The first-order chi connectivity index (χ1) is 9.13. The first-order valence-electron chi connectivity index (χ1n) is 6.88. The Labute approximate surface area is 114 Å². The van der Waals surface area contributed by atoms with Gasteiger partial charge >= 0.3 is 0 Å². The molecule has 0 heterocycles. The number of anilines is 1. The number of benzene rings is 1. The van der Waals surface area contributed by atoms with Crippen LogP contribution in [0.1, 0.15) is 43.0 Å². The Morgan fingerprint density at radius 1 is 1.47 bits per heavy atom. The standard InChI is InChI=1S/C15H22N2O2/c1-3-10-4-6-12(8-10)17-13-9-11(15(16)18)5-7-14(13)19-2/h5,7,9-10,12,17H,3-4,6,8H2,1-2H3,(H2,16,18). The second kappa shape index (κ2) is 5.95. The molecule has 4 nitrogen and oxygen atoms in total. The largest absolute Gasteiger partial charge is 0.495 e. The number of methoxy groups -OCH3 is 1. The molecule has 2 rings (SSSR count). The fourth-order valence-corrected chi connectivity index (χ4v) is 2.77. The first kappa shape index (κ1) is 13.7. The summed E-state index contributed by atoms with van der Waals surface area (Å²) in [5, 5.41) is 3.49. The van der Waals surface area contributed by atoms with Gasteiger partial charge in [0.15, 0.2) is 0 Å². The van der Waals surface area contributed by atoms with Crippen molar-refractivity contribution in [3.05, 3.63) is 23.8 Å². The number of ether oxygens (including phenoxy) is 1. The lowest BCUT2D eigenvalue weighted by Crippen LogP contribution is -2.17. The monoisotopic (exact) mass is 262 g/mol. The number of nitrogens with two attached hydrogens (primary N) is 1. The molecule has 104 valence electrons. The van der Waals surface area contributed by atoms with Gasteiger partial charge in [0.1, 0.15) is 5.75 Å². The SMILES string of the molecule is CCC1CCC(Nc2cc(C(N)=O)ccc2OC)C1. The third-order valence-corrected chi connectivity index (χ3v) is 3.96. The van der Waals surface area contributed by atoms with Crippen molar-refractivity contribution in [3.8, 4) is 5.75 Å². The third kappa shape index (κ3) is 3.19. The van der Waals surface area contributed by atoms with E-state index in [0.29, 0.717) is 11.6 Å². The van der Waals surface area contributed by atoms with Crippen LogP contribution in [0, 0.1) is 5.92 Å². The number of carbonyl (C=O) groups is 1. The molecule has 1 aromatic rings. The highest BCUT2D eigenvalue weighted by Gasteiger charge is 2.24. The third-order valence-electron chi connectivity index (χ3n) is 3.96. The number of hydrogen-bond acceptors (Lipinski definition) is 3. The van der Waals surface area contributed by atoms with Crippen LogP contribution in [0.2, 0.25) is 0 Å². The summed E-state index contributed by atoms with van der Waals surface area (Å²) in [7, 11) is 1.63. The van der Waals surface area contributed by atoms with Gasteiger partial charge in [-0.05, 0) is 43.4 Å². The quantitative estimate of drug-likeness (QED) is 0.857. The molecule has 1 saturated carbocycles. The molecule has 2 unspecified atom stereocenters. The highest BCUT2D eigenvalue weighted by molar-refractivity contribution is 5.94. The molecule has 1 aromatic carbocycles. The number of primary amides is 1. The Morgan fingerprint density at radius 2 is 2.26 bits per heavy atom. The lowest BCUT2D eigenvalue weighted by atomic mass is 10.1. The van der Waals surface area contributed by atoms with E-state index < -0.39 is 5.91 Å². The van der Waals surface area contributed by atoms with E-state index in [1.54, 1.807) is 25.3 Å². The van der Waals surface area contributed by atoms with E-state index in [0.717, 1.165) is 17.4 Å². The zero-order valence-electron chi connectivity index (χ0n) is 11.6. The molecule has 1 fully saturated rings. The number of carbonyl (C=O) groups excluding carboxylic acids is 1. The van der Waals surface area contributed by atoms with Crippen molar-refractivity contribution in [1.29, 1.82) is 0 Å². The van der Waals surface area contributed by atoms with Gasteiger partial charge in [0.2, 0.25) is 5.91 Å². The topological polar surface area (TPSA) is 64.3 Å². The maximum atomic E-state index is 11.2. The van der Waals surface area contributed by atoms with Gasteiger partial charge in [-0.2, -0.15) is 0 Å². The van der Waals surface area contributed by atoms with Gasteiger partial charge in [0, 0.05) is 11.6 Å². The summed E-state index contributed by atoms with van der Waals surface area (Å²) in [6.07, 6.45) is 4.85. The summed E-state index contributed by atoms with van der Waals surface area (Å²) in [4.78, 5) is 11.2. The van der Waals surface area contributed by atoms with Crippen molar-refractivity contribution in [2.45, 2.75) is 38.6 Å². The average Bonchev–Trinajstić information content (AvgIpc) is 2.86. The van der Waals surface area contributed by atoms with Gasteiger partial charge in [0.05, 0.1) is 12.8 Å². The molecule has 0 saturated heterocycles. The summed E-state index contributed by atoms with van der Waals surface area (Å²) in [6.45, 7) is 2.24. The van der Waals surface area contributed by atoms with Crippen LogP contribution in [0.3, 0.4) is 0 Å². The van der Waals surface area contributed by atoms with Crippen molar-refractivity contribution < 1.29 is 9.53 Å². The van der Waals surface area contributed by atoms with E-state index in [1.165, 1.54) is 25.7 Å². The van der Waals surface area contributed by atoms with Crippen LogP contribution in [-0.2, 0) is 0 Å². The maximum Gasteiger partial charge on any atom is 0.248 e. The molecule has 0 radical (unpaired) electrons. The van der Waals surface area contributed by atoms with Gasteiger partial charge in [-0.3, -0.25) is 4.79 Å². The van der Waals surface area contributed by atoms with Gasteiger partial charge < -0.3 is 15.8 Å². The van der Waals surface area contributed by atoms with Crippen LogP contribution in [0.25, 0.3) is 0 Å². The summed E-state index contributed by atoms with van der Waals surface area (Å²) >= 11 is 0. The molecule has 19 heavy (non-hydrogen) atoms. The molecular weight excluding hydrogens is 240 g/mol. The van der Waals surface area contributed by atoms with E-state index in [9.17, 15) is 4.79 Å². The predicted molar refractivity (Wildman–Crippen MR) is 76.6 cm³/mol. The Kier molecular flexibility index (Phi) is 4.30. The fraction of sp³-hybridized carbons (Fsp3) is 0.533. The number of rotatable bonds is 5. The number of amides is 1. The normalized spacial score (nSPS) is 22.2. The molecular formula is C15H22N2O2. The Balaban J connectivity index is 2.14. The molecule has 0 aromatic heterocycles. The molecule has 0 spiro atoms. The van der Waals surface area contributed by atoms with E-state index in [2.05, 4.69) is 12.2 Å². The lowest BCUT2D eigenvalue weighted by Gasteiger charge is -2.17. The van der Waals surface area contributed by atoms with E-state index in [1.807, 2.05) is 0 Å². The zero-order chi connectivity index (χ0) is 13.8. The van der Waals surface area contributed by atoms with Crippen LogP contribution in [0.5, 0.6) is 5.75 Å². The lowest BCUT2D eigenvalue weighted by molar-refractivity contribution is 0.100. The van der Waals surface area contributed by atoms with Crippen molar-refractivity contribution in [1.82, 2.24) is 0 Å². The second-order valence-electron chi connectivity index (χ2n) is 5.21. The maximum absolute atomic E-state index is 11.2. The van der Waals surface area contributed by atoms with Crippen LogP contribution in [0.4, 0.5) is 5.69 Å². The van der Waals surface area contributed by atoms with Crippen LogP contribution in [-0.4, -0.2) is 19.1 Å². The molecule has 1 amide bonds. The minimum Gasteiger partial charge on any atom is -0.495 e. The van der Waals surface area contributed by atoms with Crippen LogP contribution >= 0.6 is 0 Å². The second-order valence-corrected chi connectivity index (χ2v) is 5.21. The van der Waals surface area contributed by atoms with Crippen molar-refractivity contribution in [2.24, 2.45) is 11.7 Å².